The maximum atomic E-state index is 10.4. The maximum Gasteiger partial charge on any atom is 0.287 e. The summed E-state index contributed by atoms with van der Waals surface area (Å²) in [6.45, 7) is 1.87. The number of hydrogen-bond donors (Lipinski definition) is 3. The highest BCUT2D eigenvalue weighted by molar-refractivity contribution is 5.54. The summed E-state index contributed by atoms with van der Waals surface area (Å²) in [4.78, 5) is 17.8. The van der Waals surface area contributed by atoms with E-state index < -0.39 is 4.92 Å². The molecule has 2 heterocycles. The van der Waals surface area contributed by atoms with Gasteiger partial charge in [-0.3, -0.25) is 15.1 Å². The second kappa shape index (κ2) is 5.89. The molecule has 0 spiro atoms. The lowest BCUT2D eigenvalue weighted by molar-refractivity contribution is -0.385. The van der Waals surface area contributed by atoms with Crippen LogP contribution in [0.15, 0.2) is 23.3 Å². The van der Waals surface area contributed by atoms with E-state index in [4.69, 9.17) is 0 Å². The summed E-state index contributed by atoms with van der Waals surface area (Å²) in [5.74, 6) is 0.602. The average molecular weight is 251 g/mol. The summed E-state index contributed by atoms with van der Waals surface area (Å²) in [6.07, 6.45) is 2.88. The summed E-state index contributed by atoms with van der Waals surface area (Å²) in [5, 5.41) is 15.1. The van der Waals surface area contributed by atoms with Crippen molar-refractivity contribution in [2.75, 3.05) is 25.1 Å². The van der Waals surface area contributed by atoms with E-state index in [9.17, 15) is 10.1 Å². The molecular weight excluding hydrogens is 238 g/mol. The zero-order valence-electron chi connectivity index (χ0n) is 9.54. The van der Waals surface area contributed by atoms with Gasteiger partial charge in [-0.25, -0.2) is 15.5 Å². The number of nitrogens with one attached hydrogen (secondary N) is 3. The van der Waals surface area contributed by atoms with Crippen molar-refractivity contribution in [2.24, 2.45) is 4.99 Å². The highest BCUT2D eigenvalue weighted by Gasteiger charge is 2.05. The molecule has 0 fully saturated rings. The Morgan fingerprint density at radius 1 is 1.50 bits per heavy atom. The van der Waals surface area contributed by atoms with Crippen molar-refractivity contribution in [1.82, 2.24) is 21.0 Å². The van der Waals surface area contributed by atoms with Crippen molar-refractivity contribution in [1.29, 1.82) is 0 Å². The average Bonchev–Trinajstić information content (AvgIpc) is 2.88. The normalized spacial score (nSPS) is 13.9. The van der Waals surface area contributed by atoms with E-state index in [0.29, 0.717) is 25.6 Å². The second-order valence-corrected chi connectivity index (χ2v) is 3.48. The number of nitrogens with zero attached hydrogens (tertiary/aromatic N) is 4. The van der Waals surface area contributed by atoms with E-state index in [-0.39, 0.29) is 5.69 Å². The molecule has 0 aliphatic carbocycles. The molecule has 9 nitrogen and oxygen atoms in total. The largest absolute Gasteiger partial charge is 0.369 e. The molecule has 1 aromatic rings. The van der Waals surface area contributed by atoms with Gasteiger partial charge in [-0.1, -0.05) is 0 Å². The first kappa shape index (κ1) is 12.2. The van der Waals surface area contributed by atoms with Crippen molar-refractivity contribution in [3.8, 4) is 0 Å². The third kappa shape index (κ3) is 3.37. The molecular formula is C9H13N7O2. The smallest absolute Gasteiger partial charge is 0.287 e. The minimum atomic E-state index is -0.475. The van der Waals surface area contributed by atoms with Gasteiger partial charge >= 0.3 is 0 Å². The van der Waals surface area contributed by atoms with Crippen LogP contribution in [0.3, 0.4) is 0 Å². The van der Waals surface area contributed by atoms with Gasteiger partial charge in [-0.05, 0) is 6.07 Å². The van der Waals surface area contributed by atoms with Crippen molar-refractivity contribution >= 4 is 17.8 Å². The van der Waals surface area contributed by atoms with Crippen molar-refractivity contribution in [3.05, 3.63) is 28.4 Å². The van der Waals surface area contributed by atoms with Gasteiger partial charge in [-0.2, -0.15) is 5.43 Å². The van der Waals surface area contributed by atoms with E-state index in [1.54, 1.807) is 17.5 Å². The topological polar surface area (TPSA) is 108 Å². The molecule has 0 radical (unpaired) electrons. The predicted octanol–water partition coefficient (Wildman–Crippen LogP) is -0.288. The Balaban J connectivity index is 1.69. The standard InChI is InChI=1S/C9H13N7O2/c17-16(18)8-1-2-9(12-5-8)11-3-4-13-15-7-10-6-14-15/h1-2,5,7,13-14H,3-4,6H2,(H,11,12). The number of pyridine rings is 1. The van der Waals surface area contributed by atoms with Gasteiger partial charge in [0.15, 0.2) is 0 Å². The van der Waals surface area contributed by atoms with Crippen LogP contribution in [-0.2, 0) is 0 Å². The third-order valence-electron chi connectivity index (χ3n) is 2.20. The lowest BCUT2D eigenvalue weighted by Crippen LogP contribution is -2.45. The Morgan fingerprint density at radius 3 is 3.00 bits per heavy atom. The first-order valence-electron chi connectivity index (χ1n) is 5.36. The SMILES string of the molecule is O=[N+]([O-])c1ccc(NCCNN2C=NCN2)nc1. The molecule has 9 heteroatoms. The van der Waals surface area contributed by atoms with Crippen LogP contribution in [0, 0.1) is 10.1 Å². The Hall–Kier alpha value is -2.26. The molecule has 1 aliphatic rings. The van der Waals surface area contributed by atoms with Crippen LogP contribution in [0.25, 0.3) is 0 Å². The maximum absolute atomic E-state index is 10.4. The highest BCUT2D eigenvalue weighted by atomic mass is 16.6. The number of aromatic nitrogens is 1. The van der Waals surface area contributed by atoms with E-state index >= 15 is 0 Å². The number of rotatable bonds is 6. The molecule has 1 aliphatic heterocycles. The summed E-state index contributed by atoms with van der Waals surface area (Å²) < 4.78 is 0. The minimum absolute atomic E-state index is 0.0175. The molecule has 2 rings (SSSR count). The fraction of sp³-hybridized carbons (Fsp3) is 0.333. The molecule has 0 saturated carbocycles. The lowest BCUT2D eigenvalue weighted by atomic mass is 10.4. The molecule has 0 aromatic carbocycles. The van der Waals surface area contributed by atoms with Crippen LogP contribution in [0.4, 0.5) is 11.5 Å². The fourth-order valence-electron chi connectivity index (χ4n) is 1.34. The summed E-state index contributed by atoms with van der Waals surface area (Å²) >= 11 is 0. The summed E-state index contributed by atoms with van der Waals surface area (Å²) in [5.41, 5.74) is 6.00. The van der Waals surface area contributed by atoms with Gasteiger partial charge in [0, 0.05) is 19.2 Å². The predicted molar refractivity (Wildman–Crippen MR) is 65.7 cm³/mol. The van der Waals surface area contributed by atoms with Crippen LogP contribution in [0.1, 0.15) is 0 Å². The summed E-state index contributed by atoms with van der Waals surface area (Å²) in [7, 11) is 0. The third-order valence-corrected chi connectivity index (χ3v) is 2.20. The molecule has 3 N–H and O–H groups in total. The van der Waals surface area contributed by atoms with Crippen LogP contribution in [-0.4, -0.2) is 41.1 Å². The van der Waals surface area contributed by atoms with Crippen molar-refractivity contribution in [2.45, 2.75) is 0 Å². The van der Waals surface area contributed by atoms with Gasteiger partial charge in [0.05, 0.1) is 4.92 Å². The number of hydrogen-bond acceptors (Lipinski definition) is 8. The molecule has 0 bridgehead atoms. The molecule has 0 atom stereocenters. The fourth-order valence-corrected chi connectivity index (χ4v) is 1.34. The minimum Gasteiger partial charge on any atom is -0.369 e. The molecule has 18 heavy (non-hydrogen) atoms. The number of nitro groups is 1. The molecule has 0 unspecified atom stereocenters. The Morgan fingerprint density at radius 2 is 2.39 bits per heavy atom. The Bertz CT molecular complexity index is 433. The van der Waals surface area contributed by atoms with Crippen LogP contribution >= 0.6 is 0 Å². The zero-order chi connectivity index (χ0) is 12.8. The van der Waals surface area contributed by atoms with Crippen molar-refractivity contribution < 1.29 is 4.92 Å². The number of hydrazine groups is 2. The number of anilines is 1. The summed E-state index contributed by atoms with van der Waals surface area (Å²) in [6, 6.07) is 2.99. The lowest BCUT2D eigenvalue weighted by Gasteiger charge is -2.15. The quantitative estimate of drug-likeness (QED) is 0.362. The van der Waals surface area contributed by atoms with Gasteiger partial charge in [0.2, 0.25) is 0 Å². The van der Waals surface area contributed by atoms with Crippen LogP contribution in [0.5, 0.6) is 0 Å². The first-order valence-corrected chi connectivity index (χ1v) is 5.36. The molecule has 0 saturated heterocycles. The molecule has 0 amide bonds. The highest BCUT2D eigenvalue weighted by Crippen LogP contribution is 2.11. The van der Waals surface area contributed by atoms with Gasteiger partial charge in [0.1, 0.15) is 25.0 Å². The van der Waals surface area contributed by atoms with Crippen LogP contribution < -0.4 is 16.2 Å². The van der Waals surface area contributed by atoms with E-state index in [2.05, 4.69) is 26.1 Å². The molecule has 96 valence electrons. The van der Waals surface area contributed by atoms with E-state index in [0.717, 1.165) is 0 Å². The van der Waals surface area contributed by atoms with Gasteiger partial charge in [0.25, 0.3) is 5.69 Å². The zero-order valence-corrected chi connectivity index (χ0v) is 9.54. The Labute approximate surface area is 103 Å². The Kier molecular flexibility index (Phi) is 3.99. The van der Waals surface area contributed by atoms with E-state index in [1.165, 1.54) is 12.3 Å². The number of aliphatic imine (C=N–C) groups is 1. The van der Waals surface area contributed by atoms with Gasteiger partial charge < -0.3 is 5.32 Å². The first-order chi connectivity index (χ1) is 8.75. The molecule has 1 aromatic heterocycles. The van der Waals surface area contributed by atoms with Crippen molar-refractivity contribution in [3.63, 3.8) is 0 Å². The van der Waals surface area contributed by atoms with Gasteiger partial charge in [-0.15, -0.1) is 0 Å². The van der Waals surface area contributed by atoms with Crippen LogP contribution in [0.2, 0.25) is 0 Å². The second-order valence-electron chi connectivity index (χ2n) is 3.48. The monoisotopic (exact) mass is 251 g/mol. The van der Waals surface area contributed by atoms with E-state index in [1.807, 2.05) is 0 Å².